The summed E-state index contributed by atoms with van der Waals surface area (Å²) in [6.07, 6.45) is 3.69. The average molecular weight is 632 g/mol. The van der Waals surface area contributed by atoms with Gasteiger partial charge in [0.2, 0.25) is 5.91 Å². The third-order valence-corrected chi connectivity index (χ3v) is 8.19. The molecule has 0 saturated carbocycles. The summed E-state index contributed by atoms with van der Waals surface area (Å²) in [6.45, 7) is 10.1. The van der Waals surface area contributed by atoms with Crippen LogP contribution in [0.3, 0.4) is 0 Å². The average Bonchev–Trinajstić information content (AvgIpc) is 3.47. The number of carbonyl (C=O) groups is 2. The number of fused-ring (bicyclic) bond motifs is 1. The van der Waals surface area contributed by atoms with Crippen LogP contribution in [-0.2, 0) is 16.6 Å². The Morgan fingerprint density at radius 3 is 2.43 bits per heavy atom. The molecule has 47 heavy (non-hydrogen) atoms. The Balaban J connectivity index is 1.18. The van der Waals surface area contributed by atoms with Gasteiger partial charge in [-0.1, -0.05) is 62.7 Å². The van der Waals surface area contributed by atoms with Crippen LogP contribution in [0.15, 0.2) is 85.1 Å². The second-order valence-corrected chi connectivity index (χ2v) is 13.0. The predicted molar refractivity (Wildman–Crippen MR) is 186 cm³/mol. The van der Waals surface area contributed by atoms with Crippen molar-refractivity contribution in [3.05, 3.63) is 102 Å². The molecule has 1 fully saturated rings. The van der Waals surface area contributed by atoms with E-state index in [0.29, 0.717) is 28.7 Å². The Hall–Kier alpha value is -5.22. The SMILES string of the molecule is Cc1ccc(-n2nc(C(C)(C)C)cc2NC(=O)Nc2ccc(Oc3ccnc(CC(=O)NC4CCNCC4)c3)c3ccccc23)cc1. The van der Waals surface area contributed by atoms with E-state index in [1.807, 2.05) is 73.7 Å². The van der Waals surface area contributed by atoms with E-state index in [2.05, 4.69) is 47.0 Å². The molecule has 0 atom stereocenters. The van der Waals surface area contributed by atoms with E-state index in [-0.39, 0.29) is 29.8 Å². The summed E-state index contributed by atoms with van der Waals surface area (Å²) in [5.41, 5.74) is 3.92. The van der Waals surface area contributed by atoms with E-state index in [1.165, 1.54) is 0 Å². The zero-order valence-electron chi connectivity index (χ0n) is 27.3. The number of nitrogens with one attached hydrogen (secondary N) is 4. The van der Waals surface area contributed by atoms with Crippen LogP contribution in [0.2, 0.25) is 0 Å². The number of hydrogen-bond donors (Lipinski definition) is 4. The molecule has 3 amide bonds. The molecule has 3 heterocycles. The van der Waals surface area contributed by atoms with E-state index in [0.717, 1.165) is 53.6 Å². The molecule has 6 rings (SSSR count). The predicted octanol–water partition coefficient (Wildman–Crippen LogP) is 6.87. The standard InChI is InChI=1S/C37H41N7O3/c1-24-9-11-27(12-10-24)44-34(23-33(43-44)37(2,3)4)42-36(46)41-31-13-14-32(30-8-6-5-7-29(30)31)47-28-17-20-39-26(21-28)22-35(45)40-25-15-18-38-19-16-25/h5-14,17,20-21,23,25,38H,15-16,18-19,22H2,1-4H3,(H,40,45)(H2,41,42,46). The van der Waals surface area contributed by atoms with Crippen LogP contribution in [0, 0.1) is 6.92 Å². The minimum absolute atomic E-state index is 0.0442. The highest BCUT2D eigenvalue weighted by molar-refractivity contribution is 6.07. The summed E-state index contributed by atoms with van der Waals surface area (Å²) in [4.78, 5) is 30.5. The molecule has 2 aromatic heterocycles. The van der Waals surface area contributed by atoms with Crippen LogP contribution in [0.25, 0.3) is 16.5 Å². The number of anilines is 2. The lowest BCUT2D eigenvalue weighted by molar-refractivity contribution is -0.121. The number of carbonyl (C=O) groups excluding carboxylic acids is 2. The van der Waals surface area contributed by atoms with Crippen molar-refractivity contribution < 1.29 is 14.3 Å². The molecule has 0 spiro atoms. The van der Waals surface area contributed by atoms with Crippen molar-refractivity contribution in [2.24, 2.45) is 0 Å². The minimum atomic E-state index is -0.390. The fourth-order valence-electron chi connectivity index (χ4n) is 5.61. The first-order valence-corrected chi connectivity index (χ1v) is 16.0. The molecular weight excluding hydrogens is 590 g/mol. The third-order valence-electron chi connectivity index (χ3n) is 8.19. The van der Waals surface area contributed by atoms with Gasteiger partial charge in [-0.25, -0.2) is 9.48 Å². The van der Waals surface area contributed by atoms with E-state index >= 15 is 0 Å². The number of benzene rings is 3. The molecule has 0 unspecified atom stereocenters. The number of ether oxygens (including phenoxy) is 1. The Bertz CT molecular complexity index is 1890. The maximum Gasteiger partial charge on any atom is 0.324 e. The van der Waals surface area contributed by atoms with E-state index in [9.17, 15) is 9.59 Å². The van der Waals surface area contributed by atoms with Crippen LogP contribution in [0.4, 0.5) is 16.3 Å². The maximum absolute atomic E-state index is 13.4. The number of pyridine rings is 1. The summed E-state index contributed by atoms with van der Waals surface area (Å²) in [5.74, 6) is 1.72. The van der Waals surface area contributed by atoms with Crippen LogP contribution >= 0.6 is 0 Å². The number of aryl methyl sites for hydroxylation is 1. The number of urea groups is 1. The molecular formula is C37H41N7O3. The van der Waals surface area contributed by atoms with Crippen molar-refractivity contribution in [3.63, 3.8) is 0 Å². The van der Waals surface area contributed by atoms with Gasteiger partial charge in [-0.3, -0.25) is 15.1 Å². The van der Waals surface area contributed by atoms with Gasteiger partial charge in [0.05, 0.1) is 29.2 Å². The van der Waals surface area contributed by atoms with Crippen LogP contribution in [0.5, 0.6) is 11.5 Å². The van der Waals surface area contributed by atoms with E-state index in [4.69, 9.17) is 9.84 Å². The fourth-order valence-corrected chi connectivity index (χ4v) is 5.61. The van der Waals surface area contributed by atoms with Gasteiger partial charge in [0, 0.05) is 40.6 Å². The number of rotatable bonds is 8. The quantitative estimate of drug-likeness (QED) is 0.148. The topological polar surface area (TPSA) is 122 Å². The van der Waals surface area contributed by atoms with Crippen molar-refractivity contribution in [2.75, 3.05) is 23.7 Å². The number of amides is 3. The molecule has 242 valence electrons. The highest BCUT2D eigenvalue weighted by Crippen LogP contribution is 2.35. The first-order chi connectivity index (χ1) is 22.6. The van der Waals surface area contributed by atoms with Gasteiger partial charge in [0.25, 0.3) is 0 Å². The first kappa shape index (κ1) is 31.7. The Labute approximate surface area is 274 Å². The molecule has 1 saturated heterocycles. The number of aromatic nitrogens is 3. The van der Waals surface area contributed by atoms with Gasteiger partial charge in [-0.05, 0) is 63.2 Å². The van der Waals surface area contributed by atoms with Gasteiger partial charge in [0.1, 0.15) is 17.3 Å². The zero-order chi connectivity index (χ0) is 33.0. The van der Waals surface area contributed by atoms with E-state index in [1.54, 1.807) is 23.0 Å². The Kier molecular flexibility index (Phi) is 9.22. The highest BCUT2D eigenvalue weighted by Gasteiger charge is 2.22. The summed E-state index contributed by atoms with van der Waals surface area (Å²) < 4.78 is 8.07. The largest absolute Gasteiger partial charge is 0.457 e. The summed E-state index contributed by atoms with van der Waals surface area (Å²) in [6, 6.07) is 24.7. The zero-order valence-corrected chi connectivity index (χ0v) is 27.3. The molecule has 0 bridgehead atoms. The molecule has 10 nitrogen and oxygen atoms in total. The Morgan fingerprint density at radius 2 is 1.68 bits per heavy atom. The second-order valence-electron chi connectivity index (χ2n) is 13.0. The van der Waals surface area contributed by atoms with Gasteiger partial charge >= 0.3 is 6.03 Å². The Morgan fingerprint density at radius 1 is 0.936 bits per heavy atom. The number of hydrogen-bond acceptors (Lipinski definition) is 6. The lowest BCUT2D eigenvalue weighted by atomic mass is 9.92. The second kappa shape index (κ2) is 13.6. The molecule has 1 aliphatic rings. The molecule has 3 aromatic carbocycles. The van der Waals surface area contributed by atoms with Crippen LogP contribution in [-0.4, -0.2) is 45.8 Å². The monoisotopic (exact) mass is 631 g/mol. The smallest absolute Gasteiger partial charge is 0.324 e. The van der Waals surface area contributed by atoms with Crippen molar-refractivity contribution in [1.29, 1.82) is 0 Å². The van der Waals surface area contributed by atoms with Gasteiger partial charge in [-0.2, -0.15) is 5.10 Å². The molecule has 0 radical (unpaired) electrons. The van der Waals surface area contributed by atoms with Crippen molar-refractivity contribution >= 4 is 34.2 Å². The van der Waals surface area contributed by atoms with Crippen molar-refractivity contribution in [3.8, 4) is 17.2 Å². The summed E-state index contributed by atoms with van der Waals surface area (Å²) in [7, 11) is 0. The molecule has 1 aliphatic heterocycles. The van der Waals surface area contributed by atoms with Crippen molar-refractivity contribution in [2.45, 2.75) is 58.4 Å². The third kappa shape index (κ3) is 7.78. The summed E-state index contributed by atoms with van der Waals surface area (Å²) in [5, 5.41) is 18.9. The maximum atomic E-state index is 13.4. The van der Waals surface area contributed by atoms with Crippen molar-refractivity contribution in [1.82, 2.24) is 25.4 Å². The minimum Gasteiger partial charge on any atom is -0.457 e. The lowest BCUT2D eigenvalue weighted by Crippen LogP contribution is -2.43. The normalized spacial score (nSPS) is 13.7. The fraction of sp³-hybridized carbons (Fsp3) is 0.297. The highest BCUT2D eigenvalue weighted by atomic mass is 16.5. The number of piperidine rings is 1. The number of nitrogens with zero attached hydrogens (tertiary/aromatic N) is 3. The van der Waals surface area contributed by atoms with Gasteiger partial charge in [0.15, 0.2) is 0 Å². The molecule has 10 heteroatoms. The van der Waals surface area contributed by atoms with E-state index < -0.39 is 0 Å². The first-order valence-electron chi connectivity index (χ1n) is 16.0. The van der Waals surface area contributed by atoms with Gasteiger partial charge < -0.3 is 20.7 Å². The molecule has 0 aliphatic carbocycles. The van der Waals surface area contributed by atoms with Crippen LogP contribution in [0.1, 0.15) is 50.6 Å². The lowest BCUT2D eigenvalue weighted by Gasteiger charge is -2.23. The molecule has 4 N–H and O–H groups in total. The van der Waals surface area contributed by atoms with Crippen LogP contribution < -0.4 is 26.0 Å². The molecule has 5 aromatic rings. The summed E-state index contributed by atoms with van der Waals surface area (Å²) >= 11 is 0. The van der Waals surface area contributed by atoms with Gasteiger partial charge in [-0.15, -0.1) is 0 Å².